The van der Waals surface area contributed by atoms with Gasteiger partial charge in [-0.05, 0) is 79.6 Å². The second-order valence-electron chi connectivity index (χ2n) is 19.3. The molecule has 3 aromatic carbocycles. The summed E-state index contributed by atoms with van der Waals surface area (Å²) in [6.07, 6.45) is 8.18. The van der Waals surface area contributed by atoms with Crippen molar-refractivity contribution in [1.29, 1.82) is 0 Å². The number of hydrogen-bond acceptors (Lipinski definition) is 11. The van der Waals surface area contributed by atoms with E-state index in [0.29, 0.717) is 55.0 Å². The maximum atomic E-state index is 15.4. The normalized spacial score (nSPS) is 32.0. The molecule has 2 bridgehead atoms. The van der Waals surface area contributed by atoms with Crippen LogP contribution in [0.25, 0.3) is 10.9 Å². The molecule has 1 saturated carbocycles. The molecule has 1 saturated heterocycles. The van der Waals surface area contributed by atoms with E-state index in [4.69, 9.17) is 18.9 Å². The van der Waals surface area contributed by atoms with E-state index in [1.54, 1.807) is 38.5 Å². The number of rotatable bonds is 10. The van der Waals surface area contributed by atoms with Crippen LogP contribution in [0.5, 0.6) is 11.5 Å². The van der Waals surface area contributed by atoms with Crippen LogP contribution in [0, 0.1) is 11.3 Å². The van der Waals surface area contributed by atoms with Crippen LogP contribution >= 0.6 is 0 Å². The first-order chi connectivity index (χ1) is 31.3. The molecule has 9 atom stereocenters. The number of hydrogen-bond donors (Lipinski definition) is 3. The molecule has 10 rings (SSSR count). The minimum atomic E-state index is -1.83. The zero-order valence-electron chi connectivity index (χ0n) is 38.5. The molecule has 3 N–H and O–H groups in total. The van der Waals surface area contributed by atoms with E-state index in [9.17, 15) is 14.7 Å². The average molecular weight is 884 g/mol. The summed E-state index contributed by atoms with van der Waals surface area (Å²) < 4.78 is 24.3. The number of fused-ring (bicyclic) bond motifs is 6. The van der Waals surface area contributed by atoms with Gasteiger partial charge in [-0.3, -0.25) is 24.2 Å². The Morgan fingerprint density at radius 2 is 1.78 bits per heavy atom. The molecule has 1 aliphatic carbocycles. The Morgan fingerprint density at radius 3 is 2.52 bits per heavy atom. The predicted octanol–water partition coefficient (Wildman–Crippen LogP) is 6.02. The van der Waals surface area contributed by atoms with Crippen LogP contribution in [0.4, 0.5) is 5.69 Å². The van der Waals surface area contributed by atoms with E-state index in [-0.39, 0.29) is 24.5 Å². The number of nitrogens with zero attached hydrogens (tertiary/aromatic N) is 3. The number of likely N-dealkylation sites (N-methyl/N-ethyl adjacent to an activating group) is 1. The van der Waals surface area contributed by atoms with Gasteiger partial charge in [-0.2, -0.15) is 0 Å². The molecule has 4 aromatic rings. The van der Waals surface area contributed by atoms with Crippen molar-refractivity contribution in [2.45, 2.75) is 87.6 Å². The van der Waals surface area contributed by atoms with E-state index in [2.05, 4.69) is 75.3 Å². The van der Waals surface area contributed by atoms with Crippen molar-refractivity contribution in [3.63, 3.8) is 0 Å². The number of aliphatic hydroxyl groups is 1. The number of aromatic amines is 1. The molecular formula is C52H61N5O8. The Kier molecular flexibility index (Phi) is 10.5. The summed E-state index contributed by atoms with van der Waals surface area (Å²) in [5, 5.41) is 18.1. The zero-order chi connectivity index (χ0) is 45.6. The first-order valence-electron chi connectivity index (χ1n) is 23.1. The van der Waals surface area contributed by atoms with Crippen molar-refractivity contribution < 1.29 is 38.4 Å². The van der Waals surface area contributed by atoms with Crippen LogP contribution in [0.2, 0.25) is 0 Å². The standard InChI is InChI=1S/C52H61N5O8/c1-8-32-22-33-26-51(48(60)64-7,43-37(29-56(27-32)28-33)36-16-10-11-17-40(36)54-43)39-24-38-41(25-42(39)63-6)55(4)46-50(38)19-21-57-20-13-18-49(9-2,45(50)57)47(65-31(3)58)52(46,61)30-53-44(59)34-14-12-15-35(23-34)62-5/h10-18,22-25,33,45-47,54,61H,8-9,19-21,26-30H2,1-7H3,(H,53,59)/t33-,45-,46+,47+,49+,50+,51-,52-/m0/s1. The van der Waals surface area contributed by atoms with Gasteiger partial charge in [0.25, 0.3) is 5.91 Å². The van der Waals surface area contributed by atoms with Gasteiger partial charge in [0.1, 0.15) is 28.6 Å². The fraction of sp³-hybridized carbons (Fsp3) is 0.481. The van der Waals surface area contributed by atoms with Crippen LogP contribution in [0.15, 0.2) is 84.5 Å². The Morgan fingerprint density at radius 1 is 0.969 bits per heavy atom. The number of carbonyl (C=O) groups excluding carboxylic acids is 3. The van der Waals surface area contributed by atoms with Crippen molar-refractivity contribution in [3.8, 4) is 11.5 Å². The van der Waals surface area contributed by atoms with Crippen LogP contribution < -0.4 is 19.7 Å². The number of ether oxygens (including phenoxy) is 4. The first kappa shape index (κ1) is 43.3. The van der Waals surface area contributed by atoms with E-state index < -0.39 is 45.9 Å². The lowest BCUT2D eigenvalue weighted by Gasteiger charge is -2.64. The van der Waals surface area contributed by atoms with Gasteiger partial charge in [0.2, 0.25) is 0 Å². The lowest BCUT2D eigenvalue weighted by Crippen LogP contribution is -2.81. The third kappa shape index (κ3) is 6.10. The van der Waals surface area contributed by atoms with Crippen molar-refractivity contribution in [2.75, 3.05) is 66.0 Å². The van der Waals surface area contributed by atoms with Crippen LogP contribution in [0.1, 0.15) is 79.2 Å². The molecule has 6 aliphatic rings. The lowest BCUT2D eigenvalue weighted by atomic mass is 9.47. The second-order valence-corrected chi connectivity index (χ2v) is 19.3. The van der Waals surface area contributed by atoms with E-state index >= 15 is 4.79 Å². The maximum absolute atomic E-state index is 15.4. The highest BCUT2D eigenvalue weighted by Crippen LogP contribution is 2.68. The molecule has 1 aromatic heterocycles. The third-order valence-corrected chi connectivity index (χ3v) is 16.2. The average Bonchev–Trinajstić information content (AvgIpc) is 3.97. The molecule has 5 aliphatic heterocycles. The molecule has 342 valence electrons. The van der Waals surface area contributed by atoms with Crippen molar-refractivity contribution in [2.24, 2.45) is 11.3 Å². The fourth-order valence-corrected chi connectivity index (χ4v) is 13.9. The number of benzene rings is 3. The molecule has 1 spiro atoms. The number of nitrogens with one attached hydrogen (secondary N) is 2. The van der Waals surface area contributed by atoms with E-state index in [0.717, 1.165) is 59.5 Å². The Hall–Kier alpha value is -5.63. The quantitative estimate of drug-likeness (QED) is 0.127. The summed E-state index contributed by atoms with van der Waals surface area (Å²) in [5.74, 6) is -0.196. The largest absolute Gasteiger partial charge is 0.497 e. The molecule has 65 heavy (non-hydrogen) atoms. The highest BCUT2D eigenvalue weighted by molar-refractivity contribution is 5.95. The Labute approximate surface area is 380 Å². The number of amides is 1. The van der Waals surface area contributed by atoms with Gasteiger partial charge < -0.3 is 39.3 Å². The molecule has 13 nitrogen and oxygen atoms in total. The number of anilines is 1. The third-order valence-electron chi connectivity index (χ3n) is 16.2. The molecule has 6 heterocycles. The highest BCUT2D eigenvalue weighted by atomic mass is 16.6. The van der Waals surface area contributed by atoms with Gasteiger partial charge in [-0.1, -0.05) is 61.9 Å². The summed E-state index contributed by atoms with van der Waals surface area (Å²) in [5.41, 5.74) is 2.26. The smallest absolute Gasteiger partial charge is 0.322 e. The van der Waals surface area contributed by atoms with Gasteiger partial charge in [-0.15, -0.1) is 0 Å². The minimum Gasteiger partial charge on any atom is -0.497 e. The van der Waals surface area contributed by atoms with Crippen LogP contribution in [0.3, 0.4) is 0 Å². The number of carbonyl (C=O) groups is 3. The summed E-state index contributed by atoms with van der Waals surface area (Å²) in [6.45, 7) is 9.18. The van der Waals surface area contributed by atoms with Gasteiger partial charge >= 0.3 is 11.9 Å². The number of para-hydroxylation sites is 1. The maximum Gasteiger partial charge on any atom is 0.322 e. The van der Waals surface area contributed by atoms with Crippen LogP contribution in [-0.2, 0) is 36.4 Å². The van der Waals surface area contributed by atoms with Gasteiger partial charge in [0.15, 0.2) is 0 Å². The van der Waals surface area contributed by atoms with Gasteiger partial charge in [0, 0.05) is 96.5 Å². The van der Waals surface area contributed by atoms with E-state index in [1.807, 2.05) is 25.2 Å². The number of esters is 2. The van der Waals surface area contributed by atoms with Crippen molar-refractivity contribution in [1.82, 2.24) is 20.1 Å². The first-order valence-corrected chi connectivity index (χ1v) is 23.1. The minimum absolute atomic E-state index is 0.0274. The lowest BCUT2D eigenvalue weighted by molar-refractivity contribution is -0.216. The summed E-state index contributed by atoms with van der Waals surface area (Å²) in [6, 6.07) is 18.5. The topological polar surface area (TPSA) is 146 Å². The number of H-pyrrole nitrogens is 1. The highest BCUT2D eigenvalue weighted by Gasteiger charge is 2.78. The molecule has 13 heteroatoms. The van der Waals surface area contributed by atoms with Gasteiger partial charge in [-0.25, -0.2) is 0 Å². The second kappa shape index (κ2) is 15.8. The molecule has 1 unspecified atom stereocenters. The van der Waals surface area contributed by atoms with Gasteiger partial charge in [0.05, 0.1) is 33.9 Å². The molecular weight excluding hydrogens is 823 g/mol. The zero-order valence-corrected chi connectivity index (χ0v) is 38.5. The fourth-order valence-electron chi connectivity index (χ4n) is 13.9. The summed E-state index contributed by atoms with van der Waals surface area (Å²) in [4.78, 5) is 53.7. The predicted molar refractivity (Wildman–Crippen MR) is 247 cm³/mol. The summed E-state index contributed by atoms with van der Waals surface area (Å²) >= 11 is 0. The van der Waals surface area contributed by atoms with Crippen molar-refractivity contribution >= 4 is 34.4 Å². The Bertz CT molecular complexity index is 2660. The van der Waals surface area contributed by atoms with E-state index in [1.165, 1.54) is 19.6 Å². The Balaban J connectivity index is 1.22. The molecule has 1 amide bonds. The van der Waals surface area contributed by atoms with Crippen LogP contribution in [-0.4, -0.2) is 123 Å². The number of aromatic nitrogens is 1. The SMILES string of the molecule is CCC1=C[C@@H]2CN(C1)Cc1c([nH]c3ccccc13)[C@@](C(=O)OC)(c1cc3c(cc1OC)N(C)[C@H]1[C@@](O)(CNC(=O)c4cccc(OC)c4)[C@H](OC(C)=O)[C@]4(CC)C=CCN5CC[C@]31[C@@H]54)C2. The van der Waals surface area contributed by atoms with Crippen molar-refractivity contribution in [3.05, 3.63) is 112 Å². The molecule has 0 radical (unpaired) electrons. The molecule has 2 fully saturated rings. The summed E-state index contributed by atoms with van der Waals surface area (Å²) in [7, 11) is 6.65. The number of methoxy groups -OCH3 is 3. The monoisotopic (exact) mass is 883 g/mol.